The molecule has 3 fully saturated rings. The zero-order chi connectivity index (χ0) is 27.8. The molecule has 4 nitrogen and oxygen atoms in total. The van der Waals surface area contributed by atoms with Gasteiger partial charge < -0.3 is 9.64 Å². The third kappa shape index (κ3) is 6.77. The van der Waals surface area contributed by atoms with Crippen LogP contribution in [0.3, 0.4) is 0 Å². The Kier molecular flexibility index (Phi) is 7.97. The lowest BCUT2D eigenvalue weighted by Crippen LogP contribution is -2.53. The first-order chi connectivity index (χ1) is 18.5. The van der Waals surface area contributed by atoms with E-state index in [2.05, 4.69) is 4.90 Å². The molecule has 212 valence electrons. The van der Waals surface area contributed by atoms with Gasteiger partial charge in [0.1, 0.15) is 0 Å². The first kappa shape index (κ1) is 28.0. The van der Waals surface area contributed by atoms with Gasteiger partial charge >= 0.3 is 12.4 Å². The van der Waals surface area contributed by atoms with E-state index in [1.54, 1.807) is 0 Å². The van der Waals surface area contributed by atoms with E-state index in [-0.39, 0.29) is 37.2 Å². The largest absolute Gasteiger partial charge is 0.416 e. The number of rotatable bonds is 6. The van der Waals surface area contributed by atoms with Gasteiger partial charge in [-0.05, 0) is 61.8 Å². The molecule has 2 atom stereocenters. The van der Waals surface area contributed by atoms with Crippen molar-refractivity contribution in [3.63, 3.8) is 0 Å². The van der Waals surface area contributed by atoms with E-state index in [1.807, 2.05) is 30.3 Å². The molecule has 0 aromatic heterocycles. The Labute approximate surface area is 223 Å². The molecule has 2 aromatic rings. The quantitative estimate of drug-likeness (QED) is 0.377. The summed E-state index contributed by atoms with van der Waals surface area (Å²) in [6.07, 6.45) is -4.89. The lowest BCUT2D eigenvalue weighted by Gasteiger charge is -2.46. The average Bonchev–Trinajstić information content (AvgIpc) is 3.75. The van der Waals surface area contributed by atoms with Crippen LogP contribution in [-0.2, 0) is 17.1 Å². The van der Waals surface area contributed by atoms with Crippen LogP contribution in [0.15, 0.2) is 48.5 Å². The highest BCUT2D eigenvalue weighted by Crippen LogP contribution is 2.38. The topological polar surface area (TPSA) is 32.8 Å². The number of nitrogens with zero attached hydrogens (tertiary/aromatic N) is 2. The lowest BCUT2D eigenvalue weighted by molar-refractivity contribution is -0.143. The Bertz CT molecular complexity index is 1110. The molecule has 10 heteroatoms. The van der Waals surface area contributed by atoms with Crippen molar-refractivity contribution in [1.29, 1.82) is 0 Å². The SMILES string of the molecule is O=C(c1cc(C(F)(F)F)cc(C(F)(F)F)c1)N1CCC(N2CCC(OCC3CC3)CC2)C(c2ccccc2)C1. The second-order valence-corrected chi connectivity index (χ2v) is 10.9. The molecule has 0 radical (unpaired) electrons. The fourth-order valence-corrected chi connectivity index (χ4v) is 5.78. The highest BCUT2D eigenvalue weighted by molar-refractivity contribution is 5.95. The number of hydrogen-bond donors (Lipinski definition) is 0. The van der Waals surface area contributed by atoms with Crippen molar-refractivity contribution in [3.05, 3.63) is 70.8 Å². The first-order valence-corrected chi connectivity index (χ1v) is 13.5. The second-order valence-electron chi connectivity index (χ2n) is 10.9. The van der Waals surface area contributed by atoms with Crippen LogP contribution in [0.4, 0.5) is 26.3 Å². The molecule has 3 aliphatic rings. The summed E-state index contributed by atoms with van der Waals surface area (Å²) in [5.74, 6) is -0.240. The Morgan fingerprint density at radius 3 is 2.00 bits per heavy atom. The van der Waals surface area contributed by atoms with Gasteiger partial charge in [-0.15, -0.1) is 0 Å². The van der Waals surface area contributed by atoms with Gasteiger partial charge in [-0.3, -0.25) is 9.69 Å². The van der Waals surface area contributed by atoms with Crippen molar-refractivity contribution < 1.29 is 35.9 Å². The van der Waals surface area contributed by atoms with Gasteiger partial charge in [0.15, 0.2) is 0 Å². The Balaban J connectivity index is 1.34. The summed E-state index contributed by atoms with van der Waals surface area (Å²) < 4.78 is 86.4. The van der Waals surface area contributed by atoms with Gasteiger partial charge in [0, 0.05) is 50.3 Å². The van der Waals surface area contributed by atoms with E-state index < -0.39 is 35.0 Å². The Hall–Kier alpha value is -2.59. The number of piperidine rings is 2. The maximum atomic E-state index is 13.4. The molecule has 2 unspecified atom stereocenters. The Morgan fingerprint density at radius 1 is 0.821 bits per heavy atom. The van der Waals surface area contributed by atoms with Crippen LogP contribution in [0.25, 0.3) is 0 Å². The van der Waals surface area contributed by atoms with E-state index in [9.17, 15) is 31.1 Å². The molecule has 0 bridgehead atoms. The predicted molar refractivity (Wildman–Crippen MR) is 133 cm³/mol. The monoisotopic (exact) mass is 554 g/mol. The van der Waals surface area contributed by atoms with Gasteiger partial charge in [-0.2, -0.15) is 26.3 Å². The molecular weight excluding hydrogens is 522 g/mol. The summed E-state index contributed by atoms with van der Waals surface area (Å²) in [4.78, 5) is 17.2. The van der Waals surface area contributed by atoms with Crippen molar-refractivity contribution in [2.24, 2.45) is 5.92 Å². The molecule has 2 saturated heterocycles. The summed E-state index contributed by atoms with van der Waals surface area (Å²) >= 11 is 0. The van der Waals surface area contributed by atoms with Crippen molar-refractivity contribution in [1.82, 2.24) is 9.80 Å². The highest BCUT2D eigenvalue weighted by atomic mass is 19.4. The number of ether oxygens (including phenoxy) is 1. The van der Waals surface area contributed by atoms with Crippen LogP contribution >= 0.6 is 0 Å². The van der Waals surface area contributed by atoms with Crippen LogP contribution in [-0.4, -0.2) is 60.6 Å². The first-order valence-electron chi connectivity index (χ1n) is 13.5. The van der Waals surface area contributed by atoms with E-state index in [4.69, 9.17) is 4.74 Å². The number of alkyl halides is 6. The van der Waals surface area contributed by atoms with E-state index in [0.717, 1.165) is 38.1 Å². The summed E-state index contributed by atoms with van der Waals surface area (Å²) in [6, 6.07) is 10.8. The van der Waals surface area contributed by atoms with E-state index in [1.165, 1.54) is 17.7 Å². The normalized spacial score (nSPS) is 23.7. The molecule has 2 aliphatic heterocycles. The third-order valence-electron chi connectivity index (χ3n) is 8.14. The van der Waals surface area contributed by atoms with Crippen molar-refractivity contribution in [2.75, 3.05) is 32.8 Å². The standard InChI is InChI=1S/C29H32F6N2O2/c30-28(31,32)22-14-21(15-23(16-22)29(33,34)35)27(38)37-13-10-26(25(17-37)20-4-2-1-3-5-20)36-11-8-24(9-12-36)39-18-19-6-7-19/h1-5,14-16,19,24-26H,6-13,17-18H2. The van der Waals surface area contributed by atoms with Crippen molar-refractivity contribution in [3.8, 4) is 0 Å². The molecule has 0 N–H and O–H groups in total. The van der Waals surface area contributed by atoms with Crippen molar-refractivity contribution >= 4 is 5.91 Å². The number of hydrogen-bond acceptors (Lipinski definition) is 3. The van der Waals surface area contributed by atoms with E-state index >= 15 is 0 Å². The van der Waals surface area contributed by atoms with Crippen LogP contribution in [0, 0.1) is 5.92 Å². The van der Waals surface area contributed by atoms with Crippen LogP contribution in [0.5, 0.6) is 0 Å². The number of benzene rings is 2. The molecule has 2 heterocycles. The number of carbonyl (C=O) groups excluding carboxylic acids is 1. The molecule has 0 spiro atoms. The molecule has 2 aromatic carbocycles. The summed E-state index contributed by atoms with van der Waals surface area (Å²) in [5, 5.41) is 0. The lowest BCUT2D eigenvalue weighted by atomic mass is 9.83. The minimum Gasteiger partial charge on any atom is -0.378 e. The number of carbonyl (C=O) groups is 1. The zero-order valence-electron chi connectivity index (χ0n) is 21.5. The Morgan fingerprint density at radius 2 is 1.44 bits per heavy atom. The van der Waals surface area contributed by atoms with Crippen molar-refractivity contribution in [2.45, 2.75) is 62.5 Å². The van der Waals surface area contributed by atoms with Gasteiger partial charge in [0.25, 0.3) is 5.91 Å². The fraction of sp³-hybridized carbons (Fsp3) is 0.552. The molecular formula is C29H32F6N2O2. The number of halogens is 6. The summed E-state index contributed by atoms with van der Waals surface area (Å²) in [6.45, 7) is 2.98. The third-order valence-corrected chi connectivity index (χ3v) is 8.14. The number of amides is 1. The zero-order valence-corrected chi connectivity index (χ0v) is 21.5. The molecule has 5 rings (SSSR count). The van der Waals surface area contributed by atoms with Gasteiger partial charge in [0.2, 0.25) is 0 Å². The smallest absolute Gasteiger partial charge is 0.378 e. The van der Waals surface area contributed by atoms with Crippen LogP contribution in [0.1, 0.15) is 65.1 Å². The predicted octanol–water partition coefficient (Wildman–Crippen LogP) is 6.61. The molecule has 1 aliphatic carbocycles. The molecule has 1 saturated carbocycles. The van der Waals surface area contributed by atoms with E-state index in [0.29, 0.717) is 24.5 Å². The average molecular weight is 555 g/mol. The fourth-order valence-electron chi connectivity index (χ4n) is 5.78. The molecule has 39 heavy (non-hydrogen) atoms. The maximum Gasteiger partial charge on any atom is 0.416 e. The van der Waals surface area contributed by atoms with Gasteiger partial charge in [-0.25, -0.2) is 0 Å². The van der Waals surface area contributed by atoms with Crippen LogP contribution < -0.4 is 0 Å². The van der Waals surface area contributed by atoms with Crippen LogP contribution in [0.2, 0.25) is 0 Å². The van der Waals surface area contributed by atoms with Gasteiger partial charge in [0.05, 0.1) is 17.2 Å². The molecule has 1 amide bonds. The summed E-state index contributed by atoms with van der Waals surface area (Å²) in [5.41, 5.74) is -2.58. The minimum atomic E-state index is -5.01. The maximum absolute atomic E-state index is 13.4. The minimum absolute atomic E-state index is 0.0494. The highest BCUT2D eigenvalue weighted by Gasteiger charge is 2.40. The second kappa shape index (κ2) is 11.1. The number of likely N-dealkylation sites (tertiary alicyclic amines) is 2. The summed E-state index contributed by atoms with van der Waals surface area (Å²) in [7, 11) is 0. The van der Waals surface area contributed by atoms with Gasteiger partial charge in [-0.1, -0.05) is 30.3 Å².